The summed E-state index contributed by atoms with van der Waals surface area (Å²) in [5, 5.41) is 8.94. The van der Waals surface area contributed by atoms with E-state index < -0.39 is 18.4 Å². The number of carboxylic acid groups (broad SMARTS) is 1. The van der Waals surface area contributed by atoms with Gasteiger partial charge in [0.1, 0.15) is 10.9 Å². The van der Waals surface area contributed by atoms with E-state index in [4.69, 9.17) is 31.5 Å². The van der Waals surface area contributed by atoms with Crippen LogP contribution in [0, 0.1) is 0 Å². The van der Waals surface area contributed by atoms with E-state index in [0.29, 0.717) is 54.9 Å². The van der Waals surface area contributed by atoms with Crippen LogP contribution in [0.1, 0.15) is 12.5 Å². The van der Waals surface area contributed by atoms with Crippen LogP contribution in [0.5, 0.6) is 11.5 Å². The van der Waals surface area contributed by atoms with Gasteiger partial charge in [0.05, 0.1) is 24.7 Å². The Kier molecular flexibility index (Phi) is 7.88. The molecule has 0 unspecified atom stereocenters. The largest absolute Gasteiger partial charge is 0.490 e. The highest BCUT2D eigenvalue weighted by atomic mass is 32.2. The van der Waals surface area contributed by atoms with Crippen LogP contribution in [0.15, 0.2) is 23.1 Å². The summed E-state index contributed by atoms with van der Waals surface area (Å²) in [5.74, 6) is -0.862. The van der Waals surface area contributed by atoms with Crippen molar-refractivity contribution < 1.29 is 33.7 Å². The van der Waals surface area contributed by atoms with Crippen molar-refractivity contribution in [2.24, 2.45) is 0 Å². The molecular formula is C20H22N2O7S2. The number of ether oxygens (including phenoxy) is 3. The normalized spacial score (nSPS) is 17.9. The van der Waals surface area contributed by atoms with E-state index in [9.17, 15) is 14.4 Å². The van der Waals surface area contributed by atoms with Gasteiger partial charge in [-0.05, 0) is 30.7 Å². The predicted molar refractivity (Wildman–Crippen MR) is 118 cm³/mol. The third-order valence-corrected chi connectivity index (χ3v) is 5.83. The summed E-state index contributed by atoms with van der Waals surface area (Å²) in [6.07, 6.45) is 1.62. The number of benzene rings is 1. The molecular weight excluding hydrogens is 444 g/mol. The first-order chi connectivity index (χ1) is 14.9. The average molecular weight is 467 g/mol. The number of carboxylic acids is 1. The molecule has 0 spiro atoms. The standard InChI is InChI=1S/C20H22N2O7S2/c1-2-28-15-9-13(10-16-19(26)22(11-18(24)25)20(30)31-16)3-4-14(15)29-12-17(23)21-5-7-27-8-6-21/h3-4,9-10H,2,5-8,11-12H2,1H3,(H,24,25)/b16-10+. The molecule has 31 heavy (non-hydrogen) atoms. The summed E-state index contributed by atoms with van der Waals surface area (Å²) >= 11 is 6.15. The Morgan fingerprint density at radius 1 is 1.26 bits per heavy atom. The van der Waals surface area contributed by atoms with Crippen molar-refractivity contribution in [3.05, 3.63) is 28.7 Å². The first-order valence-electron chi connectivity index (χ1n) is 9.61. The molecule has 0 radical (unpaired) electrons. The van der Waals surface area contributed by atoms with Crippen LogP contribution in [-0.4, -0.2) is 83.1 Å². The average Bonchev–Trinajstić information content (AvgIpc) is 3.01. The highest BCUT2D eigenvalue weighted by molar-refractivity contribution is 8.26. The summed E-state index contributed by atoms with van der Waals surface area (Å²) in [6.45, 7) is 3.74. The topological polar surface area (TPSA) is 106 Å². The first kappa shape index (κ1) is 23.0. The van der Waals surface area contributed by atoms with Gasteiger partial charge in [-0.1, -0.05) is 30.0 Å². The number of hydrogen-bond donors (Lipinski definition) is 1. The molecule has 0 saturated carbocycles. The Hall–Kier alpha value is -2.63. The molecule has 9 nitrogen and oxygen atoms in total. The fourth-order valence-electron chi connectivity index (χ4n) is 2.97. The number of thioether (sulfide) groups is 1. The molecule has 11 heteroatoms. The van der Waals surface area contributed by atoms with Gasteiger partial charge in [0.15, 0.2) is 18.1 Å². The number of rotatable bonds is 8. The lowest BCUT2D eigenvalue weighted by Gasteiger charge is -2.26. The van der Waals surface area contributed by atoms with Crippen molar-refractivity contribution in [3.63, 3.8) is 0 Å². The minimum atomic E-state index is -1.13. The van der Waals surface area contributed by atoms with E-state index >= 15 is 0 Å². The van der Waals surface area contributed by atoms with Crippen LogP contribution >= 0.6 is 24.0 Å². The molecule has 166 valence electrons. The molecule has 2 amide bonds. The lowest BCUT2D eigenvalue weighted by molar-refractivity contribution is -0.140. The SMILES string of the molecule is CCOc1cc(/C=C2/SC(=S)N(CC(=O)O)C2=O)ccc1OCC(=O)N1CCOCC1. The lowest BCUT2D eigenvalue weighted by Crippen LogP contribution is -2.43. The van der Waals surface area contributed by atoms with Gasteiger partial charge < -0.3 is 24.2 Å². The van der Waals surface area contributed by atoms with Gasteiger partial charge in [0, 0.05) is 13.1 Å². The van der Waals surface area contributed by atoms with Crippen molar-refractivity contribution in [3.8, 4) is 11.5 Å². The van der Waals surface area contributed by atoms with E-state index in [1.165, 1.54) is 0 Å². The van der Waals surface area contributed by atoms with E-state index in [0.717, 1.165) is 16.7 Å². The van der Waals surface area contributed by atoms with E-state index in [2.05, 4.69) is 0 Å². The van der Waals surface area contributed by atoms with Crippen LogP contribution < -0.4 is 9.47 Å². The van der Waals surface area contributed by atoms with Crippen LogP contribution in [0.4, 0.5) is 0 Å². The van der Waals surface area contributed by atoms with Crippen molar-refractivity contribution >= 4 is 52.2 Å². The van der Waals surface area contributed by atoms with Gasteiger partial charge in [0.2, 0.25) is 0 Å². The zero-order valence-electron chi connectivity index (χ0n) is 16.9. The third-order valence-electron chi connectivity index (χ3n) is 4.45. The third kappa shape index (κ3) is 5.96. The Balaban J connectivity index is 1.72. The highest BCUT2D eigenvalue weighted by Gasteiger charge is 2.33. The van der Waals surface area contributed by atoms with Gasteiger partial charge in [-0.2, -0.15) is 0 Å². The Labute approximate surface area is 188 Å². The molecule has 0 bridgehead atoms. The number of hydrogen-bond acceptors (Lipinski definition) is 8. The van der Waals surface area contributed by atoms with Gasteiger partial charge in [-0.25, -0.2) is 0 Å². The Morgan fingerprint density at radius 3 is 2.68 bits per heavy atom. The molecule has 2 aliphatic rings. The Bertz CT molecular complexity index is 913. The van der Waals surface area contributed by atoms with Gasteiger partial charge >= 0.3 is 5.97 Å². The maximum absolute atomic E-state index is 12.4. The molecule has 1 N–H and O–H groups in total. The number of carbonyl (C=O) groups excluding carboxylic acids is 2. The van der Waals surface area contributed by atoms with Crippen molar-refractivity contribution in [2.45, 2.75) is 6.92 Å². The number of aliphatic carboxylic acids is 1. The first-order valence-corrected chi connectivity index (χ1v) is 10.8. The van der Waals surface area contributed by atoms with Crippen LogP contribution in [0.2, 0.25) is 0 Å². The number of thiocarbonyl (C=S) groups is 1. The van der Waals surface area contributed by atoms with E-state index in [-0.39, 0.29) is 16.8 Å². The van der Waals surface area contributed by atoms with E-state index in [1.807, 2.05) is 6.92 Å². The number of amides is 2. The molecule has 2 heterocycles. The van der Waals surface area contributed by atoms with Crippen molar-refractivity contribution in [1.29, 1.82) is 0 Å². The minimum absolute atomic E-state index is 0.118. The zero-order valence-corrected chi connectivity index (χ0v) is 18.5. The minimum Gasteiger partial charge on any atom is -0.490 e. The van der Waals surface area contributed by atoms with Gasteiger partial charge in [-0.15, -0.1) is 0 Å². The predicted octanol–water partition coefficient (Wildman–Crippen LogP) is 1.61. The second kappa shape index (κ2) is 10.6. The summed E-state index contributed by atoms with van der Waals surface area (Å²) in [6, 6.07) is 5.09. The fourth-order valence-corrected chi connectivity index (χ4v) is 4.22. The molecule has 0 atom stereocenters. The Morgan fingerprint density at radius 2 is 2.00 bits per heavy atom. The maximum Gasteiger partial charge on any atom is 0.323 e. The van der Waals surface area contributed by atoms with Crippen molar-refractivity contribution in [2.75, 3.05) is 46.1 Å². The van der Waals surface area contributed by atoms with Gasteiger partial charge in [-0.3, -0.25) is 19.3 Å². The summed E-state index contributed by atoms with van der Waals surface area (Å²) in [7, 11) is 0. The van der Waals surface area contributed by atoms with Crippen LogP contribution in [0.25, 0.3) is 6.08 Å². The second-order valence-electron chi connectivity index (χ2n) is 6.58. The van der Waals surface area contributed by atoms with Crippen LogP contribution in [0.3, 0.4) is 0 Å². The highest BCUT2D eigenvalue weighted by Crippen LogP contribution is 2.34. The smallest absolute Gasteiger partial charge is 0.323 e. The summed E-state index contributed by atoms with van der Waals surface area (Å²) < 4.78 is 16.8. The van der Waals surface area contributed by atoms with Gasteiger partial charge in [0.25, 0.3) is 11.8 Å². The monoisotopic (exact) mass is 466 g/mol. The summed E-state index contributed by atoms with van der Waals surface area (Å²) in [5.41, 5.74) is 0.658. The molecule has 0 aliphatic carbocycles. The molecule has 2 aliphatic heterocycles. The lowest BCUT2D eigenvalue weighted by atomic mass is 10.2. The molecule has 2 fully saturated rings. The molecule has 1 aromatic carbocycles. The summed E-state index contributed by atoms with van der Waals surface area (Å²) in [4.78, 5) is 38.7. The molecule has 0 aromatic heterocycles. The van der Waals surface area contributed by atoms with Crippen LogP contribution in [-0.2, 0) is 19.1 Å². The molecule has 2 saturated heterocycles. The number of nitrogens with zero attached hydrogens (tertiary/aromatic N) is 2. The number of morpholine rings is 1. The zero-order chi connectivity index (χ0) is 22.4. The fraction of sp³-hybridized carbons (Fsp3) is 0.400. The van der Waals surface area contributed by atoms with Crippen molar-refractivity contribution in [1.82, 2.24) is 9.80 Å². The maximum atomic E-state index is 12.4. The quantitative estimate of drug-likeness (QED) is 0.452. The molecule has 1 aromatic rings. The molecule has 3 rings (SSSR count). The number of carbonyl (C=O) groups is 3. The van der Waals surface area contributed by atoms with E-state index in [1.54, 1.807) is 29.2 Å². The second-order valence-corrected chi connectivity index (χ2v) is 8.26.